The number of rotatable bonds is 4. The molecular formula is C16H21N. The highest BCUT2D eigenvalue weighted by molar-refractivity contribution is 5.86. The third-order valence-electron chi connectivity index (χ3n) is 3.44. The zero-order valence-electron chi connectivity index (χ0n) is 10.9. The highest BCUT2D eigenvalue weighted by Gasteiger charge is 2.10. The van der Waals surface area contributed by atoms with E-state index < -0.39 is 0 Å². The van der Waals surface area contributed by atoms with Gasteiger partial charge in [0.05, 0.1) is 0 Å². The Hall–Kier alpha value is -1.34. The van der Waals surface area contributed by atoms with Crippen molar-refractivity contribution in [1.82, 2.24) is 5.32 Å². The smallest absolute Gasteiger partial charge is 0.0300 e. The van der Waals surface area contributed by atoms with Crippen molar-refractivity contribution in [3.63, 3.8) is 0 Å². The van der Waals surface area contributed by atoms with E-state index in [1.54, 1.807) is 0 Å². The van der Waals surface area contributed by atoms with E-state index in [4.69, 9.17) is 0 Å². The normalized spacial score (nSPS) is 14.8. The fourth-order valence-corrected chi connectivity index (χ4v) is 2.26. The second-order valence-corrected chi connectivity index (χ2v) is 4.77. The Morgan fingerprint density at radius 2 is 1.71 bits per heavy atom. The van der Waals surface area contributed by atoms with E-state index in [1.807, 2.05) is 0 Å². The first-order chi connectivity index (χ1) is 8.22. The molecule has 0 bridgehead atoms. The van der Waals surface area contributed by atoms with Crippen molar-refractivity contribution >= 4 is 10.8 Å². The van der Waals surface area contributed by atoms with Gasteiger partial charge in [-0.25, -0.2) is 0 Å². The average Bonchev–Trinajstić information content (AvgIpc) is 2.37. The van der Waals surface area contributed by atoms with Gasteiger partial charge in [0.2, 0.25) is 0 Å². The first kappa shape index (κ1) is 12.1. The fourth-order valence-electron chi connectivity index (χ4n) is 2.26. The van der Waals surface area contributed by atoms with Crippen molar-refractivity contribution in [3.05, 3.63) is 48.0 Å². The maximum Gasteiger partial charge on any atom is 0.0300 e. The Balaban J connectivity index is 2.34. The molecule has 2 rings (SSSR count). The molecule has 0 aliphatic heterocycles. The maximum absolute atomic E-state index is 3.64. The predicted molar refractivity (Wildman–Crippen MR) is 75.3 cm³/mol. The van der Waals surface area contributed by atoms with Crippen molar-refractivity contribution in [2.45, 2.75) is 39.3 Å². The molecule has 17 heavy (non-hydrogen) atoms. The number of benzene rings is 2. The van der Waals surface area contributed by atoms with E-state index in [9.17, 15) is 0 Å². The van der Waals surface area contributed by atoms with Crippen LogP contribution in [0.15, 0.2) is 42.5 Å². The van der Waals surface area contributed by atoms with Crippen LogP contribution in [0.3, 0.4) is 0 Å². The summed E-state index contributed by atoms with van der Waals surface area (Å²) in [6, 6.07) is 16.1. The summed E-state index contributed by atoms with van der Waals surface area (Å²) in [5, 5.41) is 6.32. The van der Waals surface area contributed by atoms with E-state index in [0.717, 1.165) is 6.42 Å². The molecule has 0 aromatic heterocycles. The third kappa shape index (κ3) is 2.67. The van der Waals surface area contributed by atoms with Gasteiger partial charge in [0.1, 0.15) is 0 Å². The zero-order chi connectivity index (χ0) is 12.3. The molecule has 1 N–H and O–H groups in total. The lowest BCUT2D eigenvalue weighted by molar-refractivity contribution is 0.471. The summed E-state index contributed by atoms with van der Waals surface area (Å²) in [7, 11) is 0. The molecule has 0 aliphatic rings. The van der Waals surface area contributed by atoms with Crippen LogP contribution in [0.5, 0.6) is 0 Å². The van der Waals surface area contributed by atoms with Crippen LogP contribution in [0.25, 0.3) is 10.8 Å². The Morgan fingerprint density at radius 1 is 1.00 bits per heavy atom. The summed E-state index contributed by atoms with van der Waals surface area (Å²) in [6.45, 7) is 6.70. The van der Waals surface area contributed by atoms with Crippen LogP contribution in [0.4, 0.5) is 0 Å². The Labute approximate surface area is 104 Å². The molecular weight excluding hydrogens is 206 g/mol. The maximum atomic E-state index is 3.64. The van der Waals surface area contributed by atoms with Crippen LogP contribution in [-0.4, -0.2) is 6.04 Å². The summed E-state index contributed by atoms with van der Waals surface area (Å²) in [5.74, 6) is 0. The SMILES string of the molecule is CCC(C)N[C@H](C)c1cccc2ccccc12. The molecule has 2 aromatic carbocycles. The van der Waals surface area contributed by atoms with E-state index in [-0.39, 0.29) is 0 Å². The molecule has 1 nitrogen and oxygen atoms in total. The van der Waals surface area contributed by atoms with Gasteiger partial charge >= 0.3 is 0 Å². The highest BCUT2D eigenvalue weighted by atomic mass is 14.9. The molecule has 90 valence electrons. The number of nitrogens with one attached hydrogen (secondary N) is 1. The van der Waals surface area contributed by atoms with Crippen molar-refractivity contribution in [2.24, 2.45) is 0 Å². The van der Waals surface area contributed by atoms with Gasteiger partial charge in [0, 0.05) is 12.1 Å². The molecule has 2 atom stereocenters. The first-order valence-electron chi connectivity index (χ1n) is 6.46. The fraction of sp³-hybridized carbons (Fsp3) is 0.375. The van der Waals surface area contributed by atoms with Crippen LogP contribution in [0.2, 0.25) is 0 Å². The number of fused-ring (bicyclic) bond motifs is 1. The summed E-state index contributed by atoms with van der Waals surface area (Å²) >= 11 is 0. The molecule has 0 radical (unpaired) electrons. The van der Waals surface area contributed by atoms with Crippen LogP contribution < -0.4 is 5.32 Å². The minimum Gasteiger partial charge on any atom is -0.308 e. The molecule has 0 spiro atoms. The summed E-state index contributed by atoms with van der Waals surface area (Å²) < 4.78 is 0. The zero-order valence-corrected chi connectivity index (χ0v) is 10.9. The van der Waals surface area contributed by atoms with Gasteiger partial charge in [0.15, 0.2) is 0 Å². The van der Waals surface area contributed by atoms with Crippen LogP contribution in [0.1, 0.15) is 38.8 Å². The van der Waals surface area contributed by atoms with Crippen molar-refractivity contribution in [2.75, 3.05) is 0 Å². The van der Waals surface area contributed by atoms with Crippen molar-refractivity contribution in [3.8, 4) is 0 Å². The van der Waals surface area contributed by atoms with E-state index in [1.165, 1.54) is 16.3 Å². The molecule has 0 amide bonds. The highest BCUT2D eigenvalue weighted by Crippen LogP contribution is 2.24. The molecule has 1 unspecified atom stereocenters. The van der Waals surface area contributed by atoms with Crippen LogP contribution in [0, 0.1) is 0 Å². The van der Waals surface area contributed by atoms with Crippen molar-refractivity contribution in [1.29, 1.82) is 0 Å². The molecule has 2 aromatic rings. The second-order valence-electron chi connectivity index (χ2n) is 4.77. The minimum atomic E-state index is 0.399. The average molecular weight is 227 g/mol. The van der Waals surface area contributed by atoms with E-state index in [2.05, 4.69) is 68.6 Å². The predicted octanol–water partition coefficient (Wildman–Crippen LogP) is 4.29. The van der Waals surface area contributed by atoms with Gasteiger partial charge in [-0.3, -0.25) is 0 Å². The molecule has 0 fully saturated rings. The largest absolute Gasteiger partial charge is 0.308 e. The molecule has 1 heteroatoms. The monoisotopic (exact) mass is 227 g/mol. The Morgan fingerprint density at radius 3 is 2.47 bits per heavy atom. The lowest BCUT2D eigenvalue weighted by Gasteiger charge is -2.20. The molecule has 0 saturated heterocycles. The standard InChI is InChI=1S/C16H21N/c1-4-12(2)17-13(3)15-11-7-9-14-8-5-6-10-16(14)15/h5-13,17H,4H2,1-3H3/t12?,13-/m1/s1. The van der Waals surface area contributed by atoms with Crippen LogP contribution in [-0.2, 0) is 0 Å². The van der Waals surface area contributed by atoms with E-state index in [0.29, 0.717) is 12.1 Å². The Kier molecular flexibility index (Phi) is 3.80. The topological polar surface area (TPSA) is 12.0 Å². The second kappa shape index (κ2) is 5.33. The lowest BCUT2D eigenvalue weighted by Crippen LogP contribution is -2.28. The minimum absolute atomic E-state index is 0.399. The summed E-state index contributed by atoms with van der Waals surface area (Å²) in [6.07, 6.45) is 1.16. The van der Waals surface area contributed by atoms with Gasteiger partial charge in [-0.15, -0.1) is 0 Å². The quantitative estimate of drug-likeness (QED) is 0.821. The van der Waals surface area contributed by atoms with Gasteiger partial charge in [0.25, 0.3) is 0 Å². The van der Waals surface area contributed by atoms with Gasteiger partial charge < -0.3 is 5.32 Å². The summed E-state index contributed by atoms with van der Waals surface area (Å²) in [4.78, 5) is 0. The summed E-state index contributed by atoms with van der Waals surface area (Å²) in [5.41, 5.74) is 1.39. The van der Waals surface area contributed by atoms with Gasteiger partial charge in [-0.1, -0.05) is 49.4 Å². The lowest BCUT2D eigenvalue weighted by atomic mass is 9.99. The molecule has 0 saturated carbocycles. The molecule has 0 aliphatic carbocycles. The van der Waals surface area contributed by atoms with Crippen LogP contribution >= 0.6 is 0 Å². The Bertz CT molecular complexity index is 484. The van der Waals surface area contributed by atoms with E-state index >= 15 is 0 Å². The van der Waals surface area contributed by atoms with Gasteiger partial charge in [-0.05, 0) is 36.6 Å². The molecule has 0 heterocycles. The number of hydrogen-bond donors (Lipinski definition) is 1. The first-order valence-corrected chi connectivity index (χ1v) is 6.46. The third-order valence-corrected chi connectivity index (χ3v) is 3.44. The van der Waals surface area contributed by atoms with Gasteiger partial charge in [-0.2, -0.15) is 0 Å². The van der Waals surface area contributed by atoms with Crippen molar-refractivity contribution < 1.29 is 0 Å². The number of hydrogen-bond acceptors (Lipinski definition) is 1.